The van der Waals surface area contributed by atoms with Crippen LogP contribution in [0.15, 0.2) is 59.9 Å². The zero-order chi connectivity index (χ0) is 17.8. The number of nitrogens with one attached hydrogen (secondary N) is 1. The number of carbonyl (C=O) groups excluding carboxylic acids is 1. The van der Waals surface area contributed by atoms with Gasteiger partial charge < -0.3 is 5.32 Å². The van der Waals surface area contributed by atoms with Gasteiger partial charge in [-0.05, 0) is 30.5 Å². The highest BCUT2D eigenvalue weighted by molar-refractivity contribution is 8.00. The summed E-state index contributed by atoms with van der Waals surface area (Å²) in [6.45, 7) is 6.14. The van der Waals surface area contributed by atoms with E-state index >= 15 is 0 Å². The Labute approximate surface area is 152 Å². The van der Waals surface area contributed by atoms with Gasteiger partial charge in [-0.2, -0.15) is 0 Å². The van der Waals surface area contributed by atoms with Gasteiger partial charge in [0.25, 0.3) is 0 Å². The third-order valence-corrected chi connectivity index (χ3v) is 5.12. The summed E-state index contributed by atoms with van der Waals surface area (Å²) >= 11 is 1.45. The maximum Gasteiger partial charge on any atom is 0.237 e. The van der Waals surface area contributed by atoms with Crippen LogP contribution in [0, 0.1) is 0 Å². The van der Waals surface area contributed by atoms with Crippen LogP contribution in [0.1, 0.15) is 32.3 Å². The van der Waals surface area contributed by atoms with Crippen molar-refractivity contribution in [1.29, 1.82) is 0 Å². The fourth-order valence-corrected chi connectivity index (χ4v) is 3.55. The van der Waals surface area contributed by atoms with Crippen molar-refractivity contribution in [3.05, 3.63) is 60.4 Å². The summed E-state index contributed by atoms with van der Waals surface area (Å²) in [5.41, 5.74) is 2.90. The van der Waals surface area contributed by atoms with Crippen molar-refractivity contribution in [2.75, 3.05) is 5.32 Å². The standard InChI is InChI=1S/C20H21N3OS/c1-13(2)15-8-4-7-11-18(15)23-19(24)14(3)25-20-16-9-5-6-10-17(16)21-12-22-20/h4-14H,1-3H3,(H,23,24). The van der Waals surface area contributed by atoms with E-state index in [1.807, 2.05) is 49.4 Å². The number of amides is 1. The lowest BCUT2D eigenvalue weighted by Crippen LogP contribution is -2.23. The molecule has 0 aliphatic carbocycles. The van der Waals surface area contributed by atoms with Crippen LogP contribution >= 0.6 is 11.8 Å². The Kier molecular flexibility index (Phi) is 5.34. The Hall–Kier alpha value is -2.40. The molecule has 1 N–H and O–H groups in total. The minimum absolute atomic E-state index is 0.0270. The highest BCUT2D eigenvalue weighted by atomic mass is 32.2. The first-order chi connectivity index (χ1) is 12.1. The molecule has 3 aromatic rings. The van der Waals surface area contributed by atoms with Crippen LogP contribution in [0.3, 0.4) is 0 Å². The number of nitrogens with zero attached hydrogens (tertiary/aromatic N) is 2. The first kappa shape index (κ1) is 17.4. The monoisotopic (exact) mass is 351 g/mol. The van der Waals surface area contributed by atoms with Gasteiger partial charge in [-0.25, -0.2) is 9.97 Å². The average Bonchev–Trinajstić information content (AvgIpc) is 2.62. The Morgan fingerprint density at radius 3 is 2.52 bits per heavy atom. The summed E-state index contributed by atoms with van der Waals surface area (Å²) in [6, 6.07) is 15.8. The quantitative estimate of drug-likeness (QED) is 0.526. The molecule has 0 bridgehead atoms. The van der Waals surface area contributed by atoms with E-state index < -0.39 is 0 Å². The number of rotatable bonds is 5. The van der Waals surface area contributed by atoms with Gasteiger partial charge in [0.15, 0.2) is 0 Å². The van der Waals surface area contributed by atoms with Crippen LogP contribution < -0.4 is 5.32 Å². The molecule has 128 valence electrons. The van der Waals surface area contributed by atoms with E-state index in [1.165, 1.54) is 11.8 Å². The third kappa shape index (κ3) is 3.99. The van der Waals surface area contributed by atoms with Crippen LogP contribution in [0.2, 0.25) is 0 Å². The molecule has 0 saturated carbocycles. The second-order valence-electron chi connectivity index (χ2n) is 6.19. The van der Waals surface area contributed by atoms with Crippen molar-refractivity contribution < 1.29 is 4.79 Å². The maximum atomic E-state index is 12.7. The van der Waals surface area contributed by atoms with Gasteiger partial charge in [0.1, 0.15) is 11.4 Å². The van der Waals surface area contributed by atoms with E-state index in [2.05, 4.69) is 35.2 Å². The minimum Gasteiger partial charge on any atom is -0.325 e. The molecular formula is C20H21N3OS. The number of para-hydroxylation sites is 2. The summed E-state index contributed by atoms with van der Waals surface area (Å²) < 4.78 is 0. The van der Waals surface area contributed by atoms with Gasteiger partial charge >= 0.3 is 0 Å². The molecule has 1 atom stereocenters. The van der Waals surface area contributed by atoms with Gasteiger partial charge in [0.05, 0.1) is 10.8 Å². The van der Waals surface area contributed by atoms with Crippen LogP contribution in [0.25, 0.3) is 10.9 Å². The van der Waals surface area contributed by atoms with E-state index in [4.69, 9.17) is 0 Å². The molecule has 0 spiro atoms. The minimum atomic E-state index is -0.265. The molecule has 0 radical (unpaired) electrons. The predicted molar refractivity (Wildman–Crippen MR) is 104 cm³/mol. The molecule has 0 aliphatic heterocycles. The Morgan fingerprint density at radius 1 is 1.00 bits per heavy atom. The van der Waals surface area contributed by atoms with E-state index in [0.29, 0.717) is 5.92 Å². The molecule has 1 amide bonds. The largest absolute Gasteiger partial charge is 0.325 e. The number of aromatic nitrogens is 2. The SMILES string of the molecule is CC(Sc1ncnc2ccccc12)C(=O)Nc1ccccc1C(C)C. The van der Waals surface area contributed by atoms with Crippen LogP contribution in [0.4, 0.5) is 5.69 Å². The van der Waals surface area contributed by atoms with Gasteiger partial charge in [0.2, 0.25) is 5.91 Å². The van der Waals surface area contributed by atoms with E-state index in [-0.39, 0.29) is 11.2 Å². The summed E-state index contributed by atoms with van der Waals surface area (Å²) in [6.07, 6.45) is 1.54. The first-order valence-electron chi connectivity index (χ1n) is 8.32. The molecular weight excluding hydrogens is 330 g/mol. The van der Waals surface area contributed by atoms with Crippen molar-refractivity contribution >= 4 is 34.3 Å². The van der Waals surface area contributed by atoms with E-state index in [1.54, 1.807) is 6.33 Å². The molecule has 0 fully saturated rings. The van der Waals surface area contributed by atoms with Crippen molar-refractivity contribution in [3.63, 3.8) is 0 Å². The van der Waals surface area contributed by atoms with E-state index in [0.717, 1.165) is 27.2 Å². The highest BCUT2D eigenvalue weighted by Gasteiger charge is 2.18. The molecule has 1 heterocycles. The zero-order valence-corrected chi connectivity index (χ0v) is 15.4. The fourth-order valence-electron chi connectivity index (χ4n) is 2.64. The molecule has 0 saturated heterocycles. The molecule has 2 aromatic carbocycles. The van der Waals surface area contributed by atoms with E-state index in [9.17, 15) is 4.79 Å². The summed E-state index contributed by atoms with van der Waals surface area (Å²) in [4.78, 5) is 21.3. The van der Waals surface area contributed by atoms with Gasteiger partial charge in [0, 0.05) is 11.1 Å². The Bertz CT molecular complexity index is 890. The van der Waals surface area contributed by atoms with Crippen LogP contribution in [-0.2, 0) is 4.79 Å². The number of benzene rings is 2. The lowest BCUT2D eigenvalue weighted by molar-refractivity contribution is -0.115. The lowest BCUT2D eigenvalue weighted by Gasteiger charge is -2.16. The average molecular weight is 351 g/mol. The molecule has 0 aliphatic rings. The lowest BCUT2D eigenvalue weighted by atomic mass is 10.0. The number of hydrogen-bond donors (Lipinski definition) is 1. The number of hydrogen-bond acceptors (Lipinski definition) is 4. The van der Waals surface area contributed by atoms with Crippen molar-refractivity contribution in [2.45, 2.75) is 37.0 Å². The Balaban J connectivity index is 1.77. The van der Waals surface area contributed by atoms with Crippen molar-refractivity contribution in [2.24, 2.45) is 0 Å². The molecule has 25 heavy (non-hydrogen) atoms. The van der Waals surface area contributed by atoms with Gasteiger partial charge in [-0.1, -0.05) is 62.0 Å². The molecule has 1 aromatic heterocycles. The van der Waals surface area contributed by atoms with Crippen molar-refractivity contribution in [3.8, 4) is 0 Å². The molecule has 5 heteroatoms. The number of anilines is 1. The van der Waals surface area contributed by atoms with Gasteiger partial charge in [-0.15, -0.1) is 0 Å². The van der Waals surface area contributed by atoms with Crippen LogP contribution in [0.5, 0.6) is 0 Å². The fraction of sp³-hybridized carbons (Fsp3) is 0.250. The predicted octanol–water partition coefficient (Wildman–Crippen LogP) is 4.87. The van der Waals surface area contributed by atoms with Gasteiger partial charge in [-0.3, -0.25) is 4.79 Å². The molecule has 4 nitrogen and oxygen atoms in total. The highest BCUT2D eigenvalue weighted by Crippen LogP contribution is 2.29. The summed E-state index contributed by atoms with van der Waals surface area (Å²) in [7, 11) is 0. The first-order valence-corrected chi connectivity index (χ1v) is 9.20. The number of carbonyl (C=O) groups is 1. The third-order valence-electron chi connectivity index (χ3n) is 4.00. The second-order valence-corrected chi connectivity index (χ2v) is 7.52. The zero-order valence-electron chi connectivity index (χ0n) is 14.6. The number of thioether (sulfide) groups is 1. The van der Waals surface area contributed by atoms with Crippen molar-refractivity contribution in [1.82, 2.24) is 9.97 Å². The second kappa shape index (κ2) is 7.66. The molecule has 1 unspecified atom stereocenters. The maximum absolute atomic E-state index is 12.7. The van der Waals surface area contributed by atoms with Crippen LogP contribution in [-0.4, -0.2) is 21.1 Å². The molecule has 3 rings (SSSR count). The smallest absolute Gasteiger partial charge is 0.237 e. The summed E-state index contributed by atoms with van der Waals surface area (Å²) in [5, 5.41) is 4.59. The topological polar surface area (TPSA) is 54.9 Å². The summed E-state index contributed by atoms with van der Waals surface area (Å²) in [5.74, 6) is 0.325. The normalized spacial score (nSPS) is 12.3. The Morgan fingerprint density at radius 2 is 1.72 bits per heavy atom. The number of fused-ring (bicyclic) bond motifs is 1.